The van der Waals surface area contributed by atoms with E-state index in [4.69, 9.17) is 9.26 Å². The summed E-state index contributed by atoms with van der Waals surface area (Å²) in [6.45, 7) is 6.41. The molecule has 0 aliphatic heterocycles. The molecular formula is C27H29N3O3. The van der Waals surface area contributed by atoms with Gasteiger partial charge in [0.2, 0.25) is 5.82 Å². The lowest BCUT2D eigenvalue weighted by molar-refractivity contribution is -0.143. The van der Waals surface area contributed by atoms with Crippen LogP contribution in [0.4, 0.5) is 0 Å². The van der Waals surface area contributed by atoms with E-state index >= 15 is 0 Å². The Bertz CT molecular complexity index is 1260. The molecule has 4 aromatic rings. The van der Waals surface area contributed by atoms with Crippen LogP contribution in [0.15, 0.2) is 59.3 Å². The molecule has 0 atom stereocenters. The van der Waals surface area contributed by atoms with Gasteiger partial charge in [-0.1, -0.05) is 42.4 Å². The number of benzene rings is 2. The minimum atomic E-state index is -0.163. The van der Waals surface area contributed by atoms with E-state index in [1.54, 1.807) is 0 Å². The smallest absolute Gasteiger partial charge is 0.306 e. The van der Waals surface area contributed by atoms with Crippen molar-refractivity contribution >= 4 is 5.97 Å². The summed E-state index contributed by atoms with van der Waals surface area (Å²) in [5, 5.41) is 4.25. The molecule has 0 fully saturated rings. The van der Waals surface area contributed by atoms with Gasteiger partial charge in [-0.2, -0.15) is 4.98 Å². The monoisotopic (exact) mass is 443 g/mol. The quantitative estimate of drug-likeness (QED) is 0.323. The number of carbonyl (C=O) groups is 1. The number of aromatic nitrogens is 3. The summed E-state index contributed by atoms with van der Waals surface area (Å²) >= 11 is 0. The van der Waals surface area contributed by atoms with E-state index in [0.717, 1.165) is 34.4 Å². The molecule has 4 rings (SSSR count). The Morgan fingerprint density at radius 3 is 2.58 bits per heavy atom. The maximum absolute atomic E-state index is 11.8. The van der Waals surface area contributed by atoms with Gasteiger partial charge in [-0.25, -0.2) is 0 Å². The Balaban J connectivity index is 1.60. The molecule has 0 spiro atoms. The van der Waals surface area contributed by atoms with Crippen molar-refractivity contribution in [3.05, 3.63) is 71.4 Å². The molecule has 0 unspecified atom stereocenters. The summed E-state index contributed by atoms with van der Waals surface area (Å²) in [6, 6.07) is 16.4. The van der Waals surface area contributed by atoms with Gasteiger partial charge in [-0.3, -0.25) is 4.79 Å². The molecule has 0 saturated heterocycles. The topological polar surface area (TPSA) is 70.2 Å². The summed E-state index contributed by atoms with van der Waals surface area (Å²) in [4.78, 5) is 16.5. The minimum absolute atomic E-state index is 0.163. The molecule has 0 amide bonds. The molecule has 0 saturated carbocycles. The van der Waals surface area contributed by atoms with E-state index in [2.05, 4.69) is 58.9 Å². The highest BCUT2D eigenvalue weighted by atomic mass is 16.5. The second kappa shape index (κ2) is 9.86. The van der Waals surface area contributed by atoms with Gasteiger partial charge in [0.05, 0.1) is 12.2 Å². The first kappa shape index (κ1) is 22.5. The molecule has 2 heterocycles. The number of hydrogen-bond donors (Lipinski definition) is 0. The van der Waals surface area contributed by atoms with Crippen molar-refractivity contribution < 1.29 is 14.1 Å². The molecule has 2 aromatic carbocycles. The van der Waals surface area contributed by atoms with Gasteiger partial charge in [0.15, 0.2) is 0 Å². The average Bonchev–Trinajstić information content (AvgIpc) is 3.45. The van der Waals surface area contributed by atoms with Crippen LogP contribution in [-0.4, -0.2) is 27.3 Å². The van der Waals surface area contributed by atoms with Crippen LogP contribution in [0.3, 0.4) is 0 Å². The maximum atomic E-state index is 11.8. The van der Waals surface area contributed by atoms with Gasteiger partial charge in [0.25, 0.3) is 5.89 Å². The first-order chi connectivity index (χ1) is 16.0. The van der Waals surface area contributed by atoms with Gasteiger partial charge in [-0.15, -0.1) is 0 Å². The first-order valence-electron chi connectivity index (χ1n) is 11.3. The zero-order valence-electron chi connectivity index (χ0n) is 19.6. The van der Waals surface area contributed by atoms with Crippen LogP contribution in [0.1, 0.15) is 37.0 Å². The summed E-state index contributed by atoms with van der Waals surface area (Å²) in [6.07, 6.45) is 3.90. The highest BCUT2D eigenvalue weighted by Crippen LogP contribution is 2.30. The van der Waals surface area contributed by atoms with Crippen molar-refractivity contribution in [2.24, 2.45) is 7.05 Å². The Morgan fingerprint density at radius 2 is 1.85 bits per heavy atom. The molecule has 6 nitrogen and oxygen atoms in total. The van der Waals surface area contributed by atoms with Gasteiger partial charge in [0, 0.05) is 30.9 Å². The van der Waals surface area contributed by atoms with E-state index in [9.17, 15) is 4.79 Å². The predicted molar refractivity (Wildman–Crippen MR) is 129 cm³/mol. The predicted octanol–water partition coefficient (Wildman–Crippen LogP) is 5.78. The van der Waals surface area contributed by atoms with Gasteiger partial charge < -0.3 is 13.8 Å². The molecule has 0 aliphatic rings. The number of rotatable bonds is 8. The van der Waals surface area contributed by atoms with Gasteiger partial charge in [-0.05, 0) is 67.1 Å². The third-order valence-corrected chi connectivity index (χ3v) is 5.84. The lowest BCUT2D eigenvalue weighted by Crippen LogP contribution is -2.07. The number of aryl methyl sites for hydroxylation is 3. The number of hydrogen-bond acceptors (Lipinski definition) is 5. The van der Waals surface area contributed by atoms with Gasteiger partial charge in [0.1, 0.15) is 0 Å². The lowest BCUT2D eigenvalue weighted by atomic mass is 9.93. The van der Waals surface area contributed by atoms with Crippen molar-refractivity contribution in [3.63, 3.8) is 0 Å². The second-order valence-corrected chi connectivity index (χ2v) is 8.10. The van der Waals surface area contributed by atoms with Gasteiger partial charge >= 0.3 is 5.97 Å². The van der Waals surface area contributed by atoms with E-state index < -0.39 is 0 Å². The third kappa shape index (κ3) is 4.90. The molecule has 0 bridgehead atoms. The fourth-order valence-corrected chi connectivity index (χ4v) is 4.19. The van der Waals surface area contributed by atoms with Crippen molar-refractivity contribution in [3.8, 4) is 34.1 Å². The fraction of sp³-hybridized carbons (Fsp3) is 0.296. The fourth-order valence-electron chi connectivity index (χ4n) is 4.19. The summed E-state index contributed by atoms with van der Waals surface area (Å²) < 4.78 is 12.8. The lowest BCUT2D eigenvalue weighted by Gasteiger charge is -2.13. The Kier molecular flexibility index (Phi) is 6.73. The average molecular weight is 444 g/mol. The molecule has 0 radical (unpaired) electrons. The van der Waals surface area contributed by atoms with Crippen molar-refractivity contribution in [2.45, 2.75) is 40.0 Å². The van der Waals surface area contributed by atoms with Crippen LogP contribution in [0.2, 0.25) is 0 Å². The highest BCUT2D eigenvalue weighted by molar-refractivity contribution is 5.71. The highest BCUT2D eigenvalue weighted by Gasteiger charge is 2.17. The first-order valence-corrected chi connectivity index (χ1v) is 11.3. The Labute approximate surface area is 194 Å². The van der Waals surface area contributed by atoms with Crippen LogP contribution in [0.25, 0.3) is 34.1 Å². The largest absolute Gasteiger partial charge is 0.466 e. The van der Waals surface area contributed by atoms with E-state index in [1.165, 1.54) is 11.1 Å². The number of ether oxygens (including phenoxy) is 1. The zero-order chi connectivity index (χ0) is 23.4. The standard InChI is InChI=1S/C27H29N3O3/c1-5-19-15-21(14-18(3)23(19)12-13-25(31)32-6-2)26-28-27(33-29-26)22-16-24(30(4)17-22)20-10-8-7-9-11-20/h7-11,14-17H,5-6,12-13H2,1-4H3. The maximum Gasteiger partial charge on any atom is 0.306 e. The molecule has 2 aromatic heterocycles. The number of nitrogens with zero attached hydrogens (tertiary/aromatic N) is 3. The Hall–Kier alpha value is -3.67. The van der Waals surface area contributed by atoms with E-state index in [0.29, 0.717) is 31.2 Å². The SMILES string of the molecule is CCOC(=O)CCc1c(C)cc(-c2noc(-c3cc(-c4ccccc4)n(C)c3)n2)cc1CC. The van der Waals surface area contributed by atoms with Crippen LogP contribution < -0.4 is 0 Å². The van der Waals surface area contributed by atoms with Crippen molar-refractivity contribution in [1.82, 2.24) is 14.7 Å². The van der Waals surface area contributed by atoms with Crippen molar-refractivity contribution in [1.29, 1.82) is 0 Å². The van der Waals surface area contributed by atoms with Crippen molar-refractivity contribution in [2.75, 3.05) is 6.61 Å². The van der Waals surface area contributed by atoms with E-state index in [-0.39, 0.29) is 5.97 Å². The van der Waals surface area contributed by atoms with Crippen LogP contribution in [-0.2, 0) is 29.4 Å². The minimum Gasteiger partial charge on any atom is -0.466 e. The molecule has 0 N–H and O–H groups in total. The molecule has 0 aliphatic carbocycles. The van der Waals surface area contributed by atoms with Crippen LogP contribution in [0.5, 0.6) is 0 Å². The third-order valence-electron chi connectivity index (χ3n) is 5.84. The number of esters is 1. The van der Waals surface area contributed by atoms with E-state index in [1.807, 2.05) is 38.4 Å². The van der Waals surface area contributed by atoms with Crippen LogP contribution in [0, 0.1) is 6.92 Å². The summed E-state index contributed by atoms with van der Waals surface area (Å²) in [7, 11) is 2.01. The zero-order valence-corrected chi connectivity index (χ0v) is 19.6. The summed E-state index contributed by atoms with van der Waals surface area (Å²) in [5.74, 6) is 0.887. The molecule has 33 heavy (non-hydrogen) atoms. The second-order valence-electron chi connectivity index (χ2n) is 8.10. The Morgan fingerprint density at radius 1 is 1.06 bits per heavy atom. The summed E-state index contributed by atoms with van der Waals surface area (Å²) in [5.41, 5.74) is 7.51. The number of carbonyl (C=O) groups excluding carboxylic acids is 1. The molecule has 6 heteroatoms. The normalized spacial score (nSPS) is 11.0. The molecular weight excluding hydrogens is 414 g/mol. The van der Waals surface area contributed by atoms with Crippen LogP contribution >= 0.6 is 0 Å². The molecule has 170 valence electrons.